The van der Waals surface area contributed by atoms with E-state index < -0.39 is 26.5 Å². The van der Waals surface area contributed by atoms with Gasteiger partial charge in [-0.1, -0.05) is 425 Å². The molecule has 0 heterocycles. The molecule has 0 fully saturated rings. The second-order valence-corrected chi connectivity index (χ2v) is 28.8. The van der Waals surface area contributed by atoms with Crippen LogP contribution in [0.15, 0.2) is 0 Å². The van der Waals surface area contributed by atoms with E-state index in [1.165, 1.54) is 385 Å². The Morgan fingerprint density at radius 2 is 0.494 bits per heavy atom. The molecule has 0 spiro atoms. The molecule has 3 N–H and O–H groups in total. The lowest BCUT2D eigenvalue weighted by Crippen LogP contribution is -2.29. The van der Waals surface area contributed by atoms with Crippen LogP contribution in [0.2, 0.25) is 0 Å². The third-order valence-corrected chi connectivity index (χ3v) is 19.5. The van der Waals surface area contributed by atoms with Crippen molar-refractivity contribution in [1.29, 1.82) is 0 Å². The molecule has 0 radical (unpaired) electrons. The van der Waals surface area contributed by atoms with Crippen molar-refractivity contribution in [3.8, 4) is 0 Å². The monoisotopic (exact) mass is 1250 g/mol. The third kappa shape index (κ3) is 73.9. The van der Waals surface area contributed by atoms with Crippen LogP contribution < -0.4 is 5.73 Å². The zero-order chi connectivity index (χ0) is 63.0. The highest BCUT2D eigenvalue weighted by atomic mass is 31.2. The largest absolute Gasteiger partial charge is 0.472 e. The van der Waals surface area contributed by atoms with Gasteiger partial charge in [0.1, 0.15) is 6.61 Å². The number of nitrogens with two attached hydrogens (primary N) is 1. The molecule has 0 aliphatic carbocycles. The van der Waals surface area contributed by atoms with Gasteiger partial charge >= 0.3 is 19.8 Å². The molecule has 87 heavy (non-hydrogen) atoms. The second kappa shape index (κ2) is 74.1. The van der Waals surface area contributed by atoms with Crippen LogP contribution in [-0.2, 0) is 32.7 Å². The fourth-order valence-electron chi connectivity index (χ4n) is 12.6. The Bertz CT molecular complexity index is 1380. The van der Waals surface area contributed by atoms with Crippen LogP contribution in [0.1, 0.15) is 450 Å². The normalized spacial score (nSPS) is 12.7. The Morgan fingerprint density at radius 1 is 0.299 bits per heavy atom. The molecule has 10 heteroatoms. The number of phosphoric ester groups is 1. The molecule has 0 bridgehead atoms. The van der Waals surface area contributed by atoms with Crippen molar-refractivity contribution in [2.45, 2.75) is 457 Å². The van der Waals surface area contributed by atoms with E-state index in [2.05, 4.69) is 13.8 Å². The molecular weight excluding hydrogens is 1100 g/mol. The lowest BCUT2D eigenvalue weighted by atomic mass is 10.0. The molecule has 0 aromatic heterocycles. The number of hydrogen-bond donors (Lipinski definition) is 2. The highest BCUT2D eigenvalue weighted by Crippen LogP contribution is 2.43. The van der Waals surface area contributed by atoms with Gasteiger partial charge < -0.3 is 20.1 Å². The van der Waals surface area contributed by atoms with Crippen molar-refractivity contribution in [3.05, 3.63) is 0 Å². The van der Waals surface area contributed by atoms with E-state index in [0.717, 1.165) is 32.1 Å². The zero-order valence-electron chi connectivity index (χ0n) is 58.8. The summed E-state index contributed by atoms with van der Waals surface area (Å²) in [6.07, 6.45) is 89.7. The Kier molecular flexibility index (Phi) is 73.2. The average molecular weight is 1250 g/mol. The summed E-state index contributed by atoms with van der Waals surface area (Å²) in [5.74, 6) is -0.795. The molecule has 0 aromatic rings. The minimum absolute atomic E-state index is 0.0589. The van der Waals surface area contributed by atoms with E-state index in [1.807, 2.05) is 0 Å². The number of carbonyl (C=O) groups excluding carboxylic acids is 2. The van der Waals surface area contributed by atoms with Gasteiger partial charge in [0.15, 0.2) is 6.10 Å². The predicted octanol–water partition coefficient (Wildman–Crippen LogP) is 26.1. The lowest BCUT2D eigenvalue weighted by Gasteiger charge is -2.19. The van der Waals surface area contributed by atoms with Crippen molar-refractivity contribution in [3.63, 3.8) is 0 Å². The summed E-state index contributed by atoms with van der Waals surface area (Å²) >= 11 is 0. The van der Waals surface area contributed by atoms with E-state index in [9.17, 15) is 19.0 Å². The van der Waals surface area contributed by atoms with E-state index in [0.29, 0.717) is 12.8 Å². The summed E-state index contributed by atoms with van der Waals surface area (Å²) in [6, 6.07) is 0. The lowest BCUT2D eigenvalue weighted by molar-refractivity contribution is -0.161. The Morgan fingerprint density at radius 3 is 0.701 bits per heavy atom. The first-order chi connectivity index (χ1) is 42.8. The van der Waals surface area contributed by atoms with Gasteiger partial charge in [0.25, 0.3) is 0 Å². The average Bonchev–Trinajstić information content (AvgIpc) is 3.66. The van der Waals surface area contributed by atoms with Crippen LogP contribution in [0, 0.1) is 0 Å². The van der Waals surface area contributed by atoms with Gasteiger partial charge in [-0.15, -0.1) is 0 Å². The van der Waals surface area contributed by atoms with E-state index in [-0.39, 0.29) is 32.1 Å². The van der Waals surface area contributed by atoms with Crippen LogP contribution in [0.4, 0.5) is 0 Å². The number of phosphoric acid groups is 1. The quantitative estimate of drug-likeness (QED) is 0.0347. The molecule has 0 aliphatic heterocycles. The Labute approximate surface area is 543 Å². The minimum atomic E-state index is -4.39. The molecule has 9 nitrogen and oxygen atoms in total. The first-order valence-electron chi connectivity index (χ1n) is 39.5. The SMILES string of the molecule is CCCCCCCCCCCCCCCCCCCCCCCCCCCCCCCCCCCCCCCCCCC(=O)OC(COC(=O)CCCCCCCCCCCCCCCCCCCCCCCCCCCC)COP(=O)(O)OCCN. The van der Waals surface area contributed by atoms with Crippen LogP contribution in [-0.4, -0.2) is 49.3 Å². The molecule has 2 atom stereocenters. The van der Waals surface area contributed by atoms with Gasteiger partial charge in [-0.3, -0.25) is 18.6 Å². The molecule has 0 rings (SSSR count). The summed E-state index contributed by atoms with van der Waals surface area (Å²) in [6.45, 7) is 3.86. The molecule has 0 saturated heterocycles. The van der Waals surface area contributed by atoms with E-state index in [4.69, 9.17) is 24.3 Å². The van der Waals surface area contributed by atoms with Gasteiger partial charge in [-0.2, -0.15) is 0 Å². The van der Waals surface area contributed by atoms with Gasteiger partial charge in [0.05, 0.1) is 13.2 Å². The number of carbonyl (C=O) groups is 2. The van der Waals surface area contributed by atoms with Crippen molar-refractivity contribution in [2.75, 3.05) is 26.4 Å². The number of ether oxygens (including phenoxy) is 2. The smallest absolute Gasteiger partial charge is 0.462 e. The molecule has 2 unspecified atom stereocenters. The van der Waals surface area contributed by atoms with E-state index >= 15 is 0 Å². The van der Waals surface area contributed by atoms with Gasteiger partial charge in [-0.25, -0.2) is 4.57 Å². The van der Waals surface area contributed by atoms with Gasteiger partial charge in [-0.05, 0) is 12.8 Å². The number of unbranched alkanes of at least 4 members (excludes halogenated alkanes) is 64. The summed E-state index contributed by atoms with van der Waals surface area (Å²) in [5.41, 5.74) is 5.41. The Balaban J connectivity index is 3.70. The molecule has 0 saturated carbocycles. The highest BCUT2D eigenvalue weighted by molar-refractivity contribution is 7.47. The maximum Gasteiger partial charge on any atom is 0.472 e. The zero-order valence-corrected chi connectivity index (χ0v) is 59.7. The number of rotatable bonds is 77. The summed E-state index contributed by atoms with van der Waals surface area (Å²) < 4.78 is 33.3. The third-order valence-electron chi connectivity index (χ3n) is 18.5. The number of esters is 2. The summed E-state index contributed by atoms with van der Waals surface area (Å²) in [7, 11) is -4.39. The maximum absolute atomic E-state index is 12.8. The van der Waals surface area contributed by atoms with Crippen molar-refractivity contribution in [1.82, 2.24) is 0 Å². The van der Waals surface area contributed by atoms with Crippen LogP contribution in [0.25, 0.3) is 0 Å². The molecule has 0 aliphatic rings. The van der Waals surface area contributed by atoms with Gasteiger partial charge in [0.2, 0.25) is 0 Å². The summed E-state index contributed by atoms with van der Waals surface area (Å²) in [5, 5.41) is 0. The minimum Gasteiger partial charge on any atom is -0.462 e. The van der Waals surface area contributed by atoms with Gasteiger partial charge in [0, 0.05) is 19.4 Å². The molecule has 520 valence electrons. The first-order valence-corrected chi connectivity index (χ1v) is 41.0. The topological polar surface area (TPSA) is 134 Å². The molecule has 0 aromatic carbocycles. The van der Waals surface area contributed by atoms with Crippen LogP contribution in [0.5, 0.6) is 0 Å². The highest BCUT2D eigenvalue weighted by Gasteiger charge is 2.26. The standard InChI is InChI=1S/C77H154NO8P/c1-3-5-7-9-11-13-15-17-19-21-23-25-27-29-31-32-33-34-35-36-37-38-39-40-41-42-43-44-46-48-50-52-54-56-58-60-62-64-66-68-70-77(80)86-75(74-85-87(81,82)84-72-71-78)73-83-76(79)69-67-65-63-61-59-57-55-53-51-49-47-45-30-28-26-24-22-20-18-16-14-12-10-8-6-4-2/h75H,3-74,78H2,1-2H3,(H,81,82). The second-order valence-electron chi connectivity index (χ2n) is 27.3. The fourth-order valence-corrected chi connectivity index (χ4v) is 13.4. The van der Waals surface area contributed by atoms with Crippen LogP contribution in [0.3, 0.4) is 0 Å². The van der Waals surface area contributed by atoms with Crippen molar-refractivity contribution >= 4 is 19.8 Å². The number of hydrogen-bond acceptors (Lipinski definition) is 8. The van der Waals surface area contributed by atoms with E-state index in [1.54, 1.807) is 0 Å². The maximum atomic E-state index is 12.8. The predicted molar refractivity (Wildman–Crippen MR) is 377 cm³/mol. The molecular formula is C77H154NO8P. The molecule has 0 amide bonds. The van der Waals surface area contributed by atoms with Crippen LogP contribution >= 0.6 is 7.82 Å². The van der Waals surface area contributed by atoms with Crippen molar-refractivity contribution in [2.24, 2.45) is 5.73 Å². The van der Waals surface area contributed by atoms with Crippen molar-refractivity contribution < 1.29 is 37.6 Å². The Hall–Kier alpha value is -0.990. The fraction of sp³-hybridized carbons (Fsp3) is 0.974. The summed E-state index contributed by atoms with van der Waals surface area (Å²) in [4.78, 5) is 35.4. The first kappa shape index (κ1) is 86.0.